The number of amides is 1. The number of benzene rings is 2. The number of carbonyl (C=O) groups excluding carboxylic acids is 1. The van der Waals surface area contributed by atoms with E-state index in [0.29, 0.717) is 9.23 Å². The Hall–Kier alpha value is -2.68. The highest BCUT2D eigenvalue weighted by atomic mass is 32.2. The van der Waals surface area contributed by atoms with Gasteiger partial charge in [-0.15, -0.1) is 0 Å². The Morgan fingerprint density at radius 2 is 1.77 bits per heavy atom. The number of aryl methyl sites for hydroxylation is 1. The molecule has 5 rings (SSSR count). The first-order chi connectivity index (χ1) is 15.0. The van der Waals surface area contributed by atoms with Crippen LogP contribution >= 0.6 is 24.0 Å². The van der Waals surface area contributed by atoms with Gasteiger partial charge in [0.25, 0.3) is 5.91 Å². The first-order valence-electron chi connectivity index (χ1n) is 10.3. The number of hydrogen-bond donors (Lipinski definition) is 1. The summed E-state index contributed by atoms with van der Waals surface area (Å²) in [6.07, 6.45) is 1.88. The molecule has 0 atom stereocenters. The smallest absolute Gasteiger partial charge is 0.263 e. The molecule has 0 unspecified atom stereocenters. The quantitative estimate of drug-likeness (QED) is 0.487. The summed E-state index contributed by atoms with van der Waals surface area (Å²) < 4.78 is 2.66. The number of fused-ring (bicyclic) bond motifs is 1. The number of imidazole rings is 1. The van der Waals surface area contributed by atoms with Crippen molar-refractivity contribution in [1.82, 2.24) is 19.8 Å². The van der Waals surface area contributed by atoms with E-state index in [9.17, 15) is 4.79 Å². The molecular weight excluding hydrogens is 426 g/mol. The maximum Gasteiger partial charge on any atom is 0.263 e. The summed E-state index contributed by atoms with van der Waals surface area (Å²) in [5, 5.41) is 2.66. The topological polar surface area (TPSA) is 53.4 Å². The molecule has 1 aromatic heterocycles. The average molecular weight is 450 g/mol. The second kappa shape index (κ2) is 8.11. The Morgan fingerprint density at radius 3 is 2.45 bits per heavy atom. The Labute approximate surface area is 190 Å². The molecule has 0 aliphatic carbocycles. The second-order valence-corrected chi connectivity index (χ2v) is 9.62. The van der Waals surface area contributed by atoms with Crippen LogP contribution in [0.5, 0.6) is 0 Å². The van der Waals surface area contributed by atoms with Crippen LogP contribution in [-0.4, -0.2) is 57.9 Å². The highest BCUT2D eigenvalue weighted by Crippen LogP contribution is 2.29. The maximum absolute atomic E-state index is 12.0. The highest BCUT2D eigenvalue weighted by Gasteiger charge is 2.22. The standard InChI is InChI=1S/C23H23N5OS2/c1-15-24-19-8-3-16(14-21-22(29)25-23(30)31-21)13-20(19)28(15)18-6-4-17(5-7-18)27-11-9-26(2)10-12-27/h3-8,13-14H,9-12H2,1-2H3,(H,25,29,30). The first-order valence-corrected chi connectivity index (χ1v) is 11.5. The molecular formula is C23H23N5OS2. The SMILES string of the molecule is Cc1nc2ccc(C=C3SC(=S)NC3=O)cc2n1-c1ccc(N2CCN(C)CC2)cc1. The van der Waals surface area contributed by atoms with Gasteiger partial charge in [0, 0.05) is 37.6 Å². The maximum atomic E-state index is 12.0. The van der Waals surface area contributed by atoms with E-state index in [1.165, 1.54) is 17.4 Å². The molecule has 3 aromatic rings. The van der Waals surface area contributed by atoms with Crippen molar-refractivity contribution in [2.24, 2.45) is 0 Å². The van der Waals surface area contributed by atoms with E-state index in [-0.39, 0.29) is 5.91 Å². The minimum Gasteiger partial charge on any atom is -0.369 e. The van der Waals surface area contributed by atoms with Crippen molar-refractivity contribution in [2.45, 2.75) is 6.92 Å². The van der Waals surface area contributed by atoms with E-state index in [0.717, 1.165) is 54.3 Å². The highest BCUT2D eigenvalue weighted by molar-refractivity contribution is 8.26. The lowest BCUT2D eigenvalue weighted by atomic mass is 10.1. The van der Waals surface area contributed by atoms with Crippen LogP contribution in [0.25, 0.3) is 22.8 Å². The fourth-order valence-electron chi connectivity index (χ4n) is 4.08. The zero-order valence-electron chi connectivity index (χ0n) is 17.5. The Morgan fingerprint density at radius 1 is 1.06 bits per heavy atom. The van der Waals surface area contributed by atoms with Crippen molar-refractivity contribution in [3.63, 3.8) is 0 Å². The lowest BCUT2D eigenvalue weighted by Crippen LogP contribution is -2.44. The number of nitrogens with one attached hydrogen (secondary N) is 1. The van der Waals surface area contributed by atoms with Crippen LogP contribution in [0.2, 0.25) is 0 Å². The van der Waals surface area contributed by atoms with Gasteiger partial charge in [0.1, 0.15) is 10.1 Å². The number of aromatic nitrogens is 2. The fraction of sp³-hybridized carbons (Fsp3) is 0.261. The van der Waals surface area contributed by atoms with Crippen LogP contribution in [-0.2, 0) is 4.79 Å². The molecule has 0 saturated carbocycles. The molecule has 2 saturated heterocycles. The van der Waals surface area contributed by atoms with E-state index in [4.69, 9.17) is 17.2 Å². The predicted molar refractivity (Wildman–Crippen MR) is 132 cm³/mol. The molecule has 2 aliphatic rings. The molecule has 2 aromatic carbocycles. The largest absolute Gasteiger partial charge is 0.369 e. The molecule has 158 valence electrons. The summed E-state index contributed by atoms with van der Waals surface area (Å²) in [6.45, 7) is 6.30. The van der Waals surface area contributed by atoms with E-state index < -0.39 is 0 Å². The lowest BCUT2D eigenvalue weighted by Gasteiger charge is -2.34. The summed E-state index contributed by atoms with van der Waals surface area (Å²) >= 11 is 6.38. The average Bonchev–Trinajstić information content (AvgIpc) is 3.25. The van der Waals surface area contributed by atoms with Gasteiger partial charge in [0.05, 0.1) is 15.9 Å². The van der Waals surface area contributed by atoms with Gasteiger partial charge in [-0.05, 0) is 62.0 Å². The molecule has 0 radical (unpaired) electrons. The zero-order valence-corrected chi connectivity index (χ0v) is 19.1. The van der Waals surface area contributed by atoms with Gasteiger partial charge in [-0.2, -0.15) is 0 Å². The van der Waals surface area contributed by atoms with Crippen LogP contribution in [0.1, 0.15) is 11.4 Å². The molecule has 0 spiro atoms. The van der Waals surface area contributed by atoms with Crippen LogP contribution in [0.15, 0.2) is 47.4 Å². The van der Waals surface area contributed by atoms with Crippen LogP contribution in [0, 0.1) is 6.92 Å². The minimum absolute atomic E-state index is 0.140. The van der Waals surface area contributed by atoms with Gasteiger partial charge < -0.3 is 15.1 Å². The Balaban J connectivity index is 1.48. The van der Waals surface area contributed by atoms with Gasteiger partial charge in [0.15, 0.2) is 0 Å². The van der Waals surface area contributed by atoms with Crippen molar-refractivity contribution >= 4 is 57.0 Å². The van der Waals surface area contributed by atoms with Crippen LogP contribution < -0.4 is 10.2 Å². The molecule has 2 aliphatic heterocycles. The molecule has 1 N–H and O–H groups in total. The van der Waals surface area contributed by atoms with Crippen molar-refractivity contribution in [3.05, 3.63) is 58.8 Å². The molecule has 0 bridgehead atoms. The lowest BCUT2D eigenvalue weighted by molar-refractivity contribution is -0.115. The van der Waals surface area contributed by atoms with Crippen molar-refractivity contribution in [1.29, 1.82) is 0 Å². The van der Waals surface area contributed by atoms with E-state index in [2.05, 4.69) is 57.1 Å². The molecule has 6 nitrogen and oxygen atoms in total. The summed E-state index contributed by atoms with van der Waals surface area (Å²) in [4.78, 5) is 22.2. The Bertz CT molecular complexity index is 1210. The number of hydrogen-bond acceptors (Lipinski definition) is 6. The number of carbonyl (C=O) groups is 1. The number of likely N-dealkylation sites (N-methyl/N-ethyl adjacent to an activating group) is 1. The van der Waals surface area contributed by atoms with Crippen molar-refractivity contribution in [3.8, 4) is 5.69 Å². The number of thiocarbonyl (C=S) groups is 1. The van der Waals surface area contributed by atoms with Crippen molar-refractivity contribution in [2.75, 3.05) is 38.1 Å². The normalized spacial score (nSPS) is 18.9. The number of anilines is 1. The first kappa shape index (κ1) is 20.2. The van der Waals surface area contributed by atoms with Gasteiger partial charge in [-0.25, -0.2) is 4.98 Å². The van der Waals surface area contributed by atoms with E-state index >= 15 is 0 Å². The predicted octanol–water partition coefficient (Wildman–Crippen LogP) is 3.57. The second-order valence-electron chi connectivity index (χ2n) is 7.90. The third-order valence-corrected chi connectivity index (χ3v) is 6.93. The van der Waals surface area contributed by atoms with Crippen LogP contribution in [0.3, 0.4) is 0 Å². The summed E-state index contributed by atoms with van der Waals surface area (Å²) in [6, 6.07) is 14.8. The number of piperazine rings is 1. The third kappa shape index (κ3) is 3.98. The zero-order chi connectivity index (χ0) is 21.5. The number of nitrogens with zero attached hydrogens (tertiary/aromatic N) is 4. The summed E-state index contributed by atoms with van der Waals surface area (Å²) in [5.41, 5.74) is 5.23. The van der Waals surface area contributed by atoms with Crippen LogP contribution in [0.4, 0.5) is 5.69 Å². The monoisotopic (exact) mass is 449 g/mol. The number of rotatable bonds is 3. The third-order valence-electron chi connectivity index (χ3n) is 5.76. The van der Waals surface area contributed by atoms with Gasteiger partial charge >= 0.3 is 0 Å². The minimum atomic E-state index is -0.140. The van der Waals surface area contributed by atoms with Gasteiger partial charge in [-0.1, -0.05) is 30.0 Å². The van der Waals surface area contributed by atoms with Gasteiger partial charge in [0.2, 0.25) is 0 Å². The summed E-state index contributed by atoms with van der Waals surface area (Å²) in [7, 11) is 2.17. The molecule has 2 fully saturated rings. The van der Waals surface area contributed by atoms with Crippen molar-refractivity contribution < 1.29 is 4.79 Å². The van der Waals surface area contributed by atoms with Gasteiger partial charge in [-0.3, -0.25) is 9.36 Å². The molecule has 8 heteroatoms. The fourth-order valence-corrected chi connectivity index (χ4v) is 5.12. The summed E-state index contributed by atoms with van der Waals surface area (Å²) in [5.74, 6) is 0.792. The van der Waals surface area contributed by atoms with E-state index in [1.807, 2.05) is 25.1 Å². The number of thioether (sulfide) groups is 1. The molecule has 31 heavy (non-hydrogen) atoms. The molecule has 1 amide bonds. The Kier molecular flexibility index (Phi) is 5.29. The molecule has 3 heterocycles. The van der Waals surface area contributed by atoms with E-state index in [1.54, 1.807) is 0 Å².